The number of halogens is 1. The first kappa shape index (κ1) is 19.9. The number of hydrogen-bond acceptors (Lipinski definition) is 3. The lowest BCUT2D eigenvalue weighted by Gasteiger charge is -2.26. The molecule has 3 N–H and O–H groups in total. The van der Waals surface area contributed by atoms with E-state index in [1.54, 1.807) is 4.90 Å². The molecule has 1 amide bonds. The van der Waals surface area contributed by atoms with Gasteiger partial charge in [0.25, 0.3) is 0 Å². The summed E-state index contributed by atoms with van der Waals surface area (Å²) >= 11 is 0. The van der Waals surface area contributed by atoms with Crippen LogP contribution in [0.2, 0.25) is 0 Å². The second kappa shape index (κ2) is 9.77. The number of carbonyl (C=O) groups excluding carboxylic acids is 1. The van der Waals surface area contributed by atoms with Crippen molar-refractivity contribution in [2.75, 3.05) is 13.1 Å². The zero-order valence-electron chi connectivity index (χ0n) is 13.1. The third-order valence-electron chi connectivity index (χ3n) is 3.47. The predicted molar refractivity (Wildman–Crippen MR) is 88.5 cm³/mol. The number of nitrogens with zero attached hydrogens (tertiary/aromatic N) is 1. The van der Waals surface area contributed by atoms with E-state index in [1.807, 2.05) is 45.0 Å². The Morgan fingerprint density at radius 1 is 1.29 bits per heavy atom. The van der Waals surface area contributed by atoms with Crippen LogP contribution in [0.25, 0.3) is 0 Å². The molecule has 0 saturated carbocycles. The molecule has 0 aliphatic carbocycles. The summed E-state index contributed by atoms with van der Waals surface area (Å²) in [5.41, 5.74) is 7.84. The fourth-order valence-corrected chi connectivity index (χ4v) is 2.15. The van der Waals surface area contributed by atoms with Crippen LogP contribution >= 0.6 is 12.4 Å². The average Bonchev–Trinajstić information content (AvgIpc) is 2.44. The molecule has 0 bridgehead atoms. The molecular formula is C16H27ClN2O2. The van der Waals surface area contributed by atoms with Crippen molar-refractivity contribution in [1.82, 2.24) is 4.90 Å². The number of nitrogens with two attached hydrogens (primary N) is 1. The van der Waals surface area contributed by atoms with Gasteiger partial charge < -0.3 is 15.7 Å². The number of aliphatic hydroxyl groups is 1. The molecule has 120 valence electrons. The van der Waals surface area contributed by atoms with E-state index in [0.717, 1.165) is 17.5 Å². The summed E-state index contributed by atoms with van der Waals surface area (Å²) in [6.45, 7) is 6.75. The van der Waals surface area contributed by atoms with Gasteiger partial charge in [0, 0.05) is 6.54 Å². The van der Waals surface area contributed by atoms with Crippen LogP contribution < -0.4 is 5.73 Å². The third-order valence-corrected chi connectivity index (χ3v) is 3.47. The van der Waals surface area contributed by atoms with E-state index in [4.69, 9.17) is 5.73 Å². The number of carbonyl (C=O) groups is 1. The van der Waals surface area contributed by atoms with Gasteiger partial charge in [-0.25, -0.2) is 0 Å². The summed E-state index contributed by atoms with van der Waals surface area (Å²) in [5.74, 6) is -0.0829. The Balaban J connectivity index is 0.00000400. The highest BCUT2D eigenvalue weighted by atomic mass is 35.5. The second-order valence-corrected chi connectivity index (χ2v) is 5.20. The zero-order chi connectivity index (χ0) is 15.1. The first-order valence-corrected chi connectivity index (χ1v) is 7.28. The SMILES string of the molecule is CCCC(N)C(=O)N(CC)CC(O)c1ccc(C)cc1.Cl. The summed E-state index contributed by atoms with van der Waals surface area (Å²) in [4.78, 5) is 13.8. The van der Waals surface area contributed by atoms with Crippen LogP contribution in [0.4, 0.5) is 0 Å². The molecule has 21 heavy (non-hydrogen) atoms. The fraction of sp³-hybridized carbons (Fsp3) is 0.562. The van der Waals surface area contributed by atoms with Crippen LogP contribution in [0.3, 0.4) is 0 Å². The zero-order valence-corrected chi connectivity index (χ0v) is 13.9. The van der Waals surface area contributed by atoms with Crippen molar-refractivity contribution in [3.8, 4) is 0 Å². The molecule has 2 atom stereocenters. The smallest absolute Gasteiger partial charge is 0.239 e. The summed E-state index contributed by atoms with van der Waals surface area (Å²) in [7, 11) is 0. The molecule has 0 aliphatic heterocycles. The molecule has 5 heteroatoms. The van der Waals surface area contributed by atoms with Gasteiger partial charge in [-0.15, -0.1) is 12.4 Å². The molecule has 1 rings (SSSR count). The molecule has 0 aliphatic rings. The Morgan fingerprint density at radius 2 is 1.86 bits per heavy atom. The van der Waals surface area contributed by atoms with E-state index >= 15 is 0 Å². The minimum Gasteiger partial charge on any atom is -0.387 e. The van der Waals surface area contributed by atoms with Crippen molar-refractivity contribution in [3.63, 3.8) is 0 Å². The van der Waals surface area contributed by atoms with Crippen LogP contribution in [0.1, 0.15) is 43.9 Å². The normalized spacial score (nSPS) is 13.2. The lowest BCUT2D eigenvalue weighted by molar-refractivity contribution is -0.134. The Labute approximate surface area is 133 Å². The van der Waals surface area contributed by atoms with Gasteiger partial charge in [-0.05, 0) is 25.8 Å². The van der Waals surface area contributed by atoms with E-state index in [-0.39, 0.29) is 24.9 Å². The summed E-state index contributed by atoms with van der Waals surface area (Å²) in [6, 6.07) is 7.23. The van der Waals surface area contributed by atoms with Gasteiger partial charge in [0.15, 0.2) is 0 Å². The molecule has 4 nitrogen and oxygen atoms in total. The summed E-state index contributed by atoms with van der Waals surface area (Å²) in [5, 5.41) is 10.2. The number of aliphatic hydroxyl groups excluding tert-OH is 1. The van der Waals surface area contributed by atoms with E-state index in [2.05, 4.69) is 0 Å². The highest BCUT2D eigenvalue weighted by Crippen LogP contribution is 2.15. The van der Waals surface area contributed by atoms with Gasteiger partial charge in [0.05, 0.1) is 18.7 Å². The van der Waals surface area contributed by atoms with E-state index in [9.17, 15) is 9.90 Å². The molecule has 0 aromatic heterocycles. The van der Waals surface area contributed by atoms with Gasteiger partial charge in [-0.3, -0.25) is 4.79 Å². The number of aryl methyl sites for hydroxylation is 1. The van der Waals surface area contributed by atoms with Crippen molar-refractivity contribution in [3.05, 3.63) is 35.4 Å². The number of amides is 1. The molecule has 0 radical (unpaired) electrons. The molecule has 2 unspecified atom stereocenters. The summed E-state index contributed by atoms with van der Waals surface area (Å²) in [6.07, 6.45) is 0.884. The number of benzene rings is 1. The Morgan fingerprint density at radius 3 is 2.33 bits per heavy atom. The van der Waals surface area contributed by atoms with Crippen molar-refractivity contribution >= 4 is 18.3 Å². The standard InChI is InChI=1S/C16H26N2O2.ClH/c1-4-6-14(17)16(20)18(5-2)11-15(19)13-9-7-12(3)8-10-13;/h7-10,14-15,19H,4-6,11,17H2,1-3H3;1H. The van der Waals surface area contributed by atoms with E-state index < -0.39 is 12.1 Å². The highest BCUT2D eigenvalue weighted by Gasteiger charge is 2.21. The van der Waals surface area contributed by atoms with Gasteiger partial charge in [0.1, 0.15) is 0 Å². The van der Waals surface area contributed by atoms with Crippen molar-refractivity contribution in [2.45, 2.75) is 45.8 Å². The number of rotatable bonds is 7. The van der Waals surface area contributed by atoms with Crippen LogP contribution in [0.5, 0.6) is 0 Å². The maximum atomic E-state index is 12.2. The van der Waals surface area contributed by atoms with E-state index in [1.165, 1.54) is 0 Å². The van der Waals surface area contributed by atoms with Crippen LogP contribution in [-0.4, -0.2) is 35.0 Å². The molecular weight excluding hydrogens is 288 g/mol. The van der Waals surface area contributed by atoms with Crippen LogP contribution in [-0.2, 0) is 4.79 Å². The predicted octanol–water partition coefficient (Wildman–Crippen LogP) is 2.43. The van der Waals surface area contributed by atoms with E-state index in [0.29, 0.717) is 13.0 Å². The second-order valence-electron chi connectivity index (χ2n) is 5.20. The topological polar surface area (TPSA) is 66.6 Å². The van der Waals surface area contributed by atoms with Crippen molar-refractivity contribution < 1.29 is 9.90 Å². The van der Waals surface area contributed by atoms with Gasteiger partial charge in [-0.2, -0.15) is 0 Å². The van der Waals surface area contributed by atoms with Gasteiger partial charge in [0.2, 0.25) is 5.91 Å². The summed E-state index contributed by atoms with van der Waals surface area (Å²) < 4.78 is 0. The minimum absolute atomic E-state index is 0. The Hall–Kier alpha value is -1.10. The molecule has 1 aromatic rings. The molecule has 1 aromatic carbocycles. The molecule has 0 saturated heterocycles. The largest absolute Gasteiger partial charge is 0.387 e. The molecule has 0 spiro atoms. The lowest BCUT2D eigenvalue weighted by atomic mass is 10.1. The van der Waals surface area contributed by atoms with Crippen molar-refractivity contribution in [2.24, 2.45) is 5.73 Å². The van der Waals surface area contributed by atoms with Crippen LogP contribution in [0.15, 0.2) is 24.3 Å². The van der Waals surface area contributed by atoms with Crippen molar-refractivity contribution in [1.29, 1.82) is 0 Å². The lowest BCUT2D eigenvalue weighted by Crippen LogP contribution is -2.45. The Kier molecular flexibility index (Phi) is 9.26. The fourth-order valence-electron chi connectivity index (χ4n) is 2.15. The first-order valence-electron chi connectivity index (χ1n) is 7.28. The Bertz CT molecular complexity index is 423. The maximum absolute atomic E-state index is 12.2. The number of likely N-dealkylation sites (N-methyl/N-ethyl adjacent to an activating group) is 1. The third kappa shape index (κ3) is 6.04. The average molecular weight is 315 g/mol. The minimum atomic E-state index is -0.673. The number of hydrogen-bond donors (Lipinski definition) is 2. The van der Waals surface area contributed by atoms with Gasteiger partial charge in [-0.1, -0.05) is 43.2 Å². The monoisotopic (exact) mass is 314 g/mol. The quantitative estimate of drug-likeness (QED) is 0.812. The van der Waals surface area contributed by atoms with Crippen LogP contribution in [0, 0.1) is 6.92 Å². The first-order chi connectivity index (χ1) is 9.49. The highest BCUT2D eigenvalue weighted by molar-refractivity contribution is 5.85. The molecule has 0 fully saturated rings. The molecule has 0 heterocycles. The van der Waals surface area contributed by atoms with Gasteiger partial charge >= 0.3 is 0 Å². The maximum Gasteiger partial charge on any atom is 0.239 e.